The van der Waals surface area contributed by atoms with E-state index in [4.69, 9.17) is 0 Å². The van der Waals surface area contributed by atoms with E-state index in [-0.39, 0.29) is 34.7 Å². The number of halogens is 2. The monoisotopic (exact) mass is 389 g/mol. The number of nitrogens with zero attached hydrogens (tertiary/aromatic N) is 2. The predicted molar refractivity (Wildman–Crippen MR) is 100 cm³/mol. The maximum absolute atomic E-state index is 15.7. The van der Waals surface area contributed by atoms with Crippen LogP contribution in [0.1, 0.15) is 48.5 Å². The molecule has 3 saturated heterocycles. The summed E-state index contributed by atoms with van der Waals surface area (Å²) in [5.74, 6) is -2.95. The summed E-state index contributed by atoms with van der Waals surface area (Å²) >= 11 is 0. The van der Waals surface area contributed by atoms with Crippen LogP contribution >= 0.6 is 0 Å². The molecule has 6 rings (SSSR count). The molecule has 8 heteroatoms. The molecule has 4 aliphatic rings. The summed E-state index contributed by atoms with van der Waals surface area (Å²) in [5.41, 5.74) is -1.38. The largest absolute Gasteiger partial charge is 0.477 e. The molecule has 0 spiro atoms. The number of nitrogens with one attached hydrogen (secondary N) is 1. The minimum Gasteiger partial charge on any atom is -0.477 e. The number of carbonyl (C=O) groups is 1. The van der Waals surface area contributed by atoms with Gasteiger partial charge < -0.3 is 19.9 Å². The lowest BCUT2D eigenvalue weighted by atomic mass is 10.1. The third-order valence-corrected chi connectivity index (χ3v) is 6.23. The number of aromatic nitrogens is 1. The van der Waals surface area contributed by atoms with Crippen molar-refractivity contribution in [1.29, 1.82) is 0 Å². The fourth-order valence-corrected chi connectivity index (χ4v) is 4.68. The van der Waals surface area contributed by atoms with Crippen LogP contribution in [0.25, 0.3) is 10.9 Å². The lowest BCUT2D eigenvalue weighted by Crippen LogP contribution is -2.55. The van der Waals surface area contributed by atoms with Crippen LogP contribution in [0.15, 0.2) is 17.1 Å². The third-order valence-electron chi connectivity index (χ3n) is 6.23. The minimum atomic E-state index is -1.39. The van der Waals surface area contributed by atoms with E-state index in [0.717, 1.165) is 38.2 Å². The van der Waals surface area contributed by atoms with Crippen molar-refractivity contribution in [3.8, 4) is 0 Å². The van der Waals surface area contributed by atoms with Gasteiger partial charge in [0.1, 0.15) is 17.1 Å². The van der Waals surface area contributed by atoms with Crippen LogP contribution < -0.4 is 15.6 Å². The molecule has 2 atom stereocenters. The number of hydrogen-bond donors (Lipinski definition) is 2. The average Bonchev–Trinajstić information content (AvgIpc) is 3.50. The van der Waals surface area contributed by atoms with E-state index in [1.54, 1.807) is 4.90 Å². The molecule has 148 valence electrons. The van der Waals surface area contributed by atoms with Crippen LogP contribution in [0.4, 0.5) is 14.5 Å². The summed E-state index contributed by atoms with van der Waals surface area (Å²) in [4.78, 5) is 25.8. The first-order valence-electron chi connectivity index (χ1n) is 9.76. The van der Waals surface area contributed by atoms with E-state index in [1.165, 1.54) is 10.8 Å². The Bertz CT molecular complexity index is 1040. The van der Waals surface area contributed by atoms with Gasteiger partial charge in [-0.3, -0.25) is 4.79 Å². The van der Waals surface area contributed by atoms with Crippen LogP contribution in [0.5, 0.6) is 0 Å². The number of pyridine rings is 1. The zero-order valence-electron chi connectivity index (χ0n) is 15.3. The Kier molecular flexibility index (Phi) is 3.94. The van der Waals surface area contributed by atoms with Gasteiger partial charge in [-0.15, -0.1) is 0 Å². The highest BCUT2D eigenvalue weighted by Crippen LogP contribution is 2.40. The first kappa shape index (κ1) is 17.6. The quantitative estimate of drug-likeness (QED) is 0.844. The highest BCUT2D eigenvalue weighted by Gasteiger charge is 2.36. The molecule has 2 N–H and O–H groups in total. The van der Waals surface area contributed by atoms with Crippen LogP contribution in [0.3, 0.4) is 0 Å². The second kappa shape index (κ2) is 6.27. The molecule has 4 heterocycles. The molecular formula is C20H21F2N3O3. The summed E-state index contributed by atoms with van der Waals surface area (Å²) in [7, 11) is 0. The van der Waals surface area contributed by atoms with Gasteiger partial charge in [0.2, 0.25) is 5.43 Å². The van der Waals surface area contributed by atoms with Crippen molar-refractivity contribution in [2.75, 3.05) is 18.0 Å². The number of anilines is 1. The smallest absolute Gasteiger partial charge is 0.341 e. The maximum Gasteiger partial charge on any atom is 0.341 e. The lowest BCUT2D eigenvalue weighted by Gasteiger charge is -2.39. The summed E-state index contributed by atoms with van der Waals surface area (Å²) in [6.45, 7) is 1.19. The maximum atomic E-state index is 15.7. The molecule has 1 aliphatic carbocycles. The van der Waals surface area contributed by atoms with Gasteiger partial charge in [0.25, 0.3) is 0 Å². The first-order chi connectivity index (χ1) is 13.5. The average molecular weight is 389 g/mol. The predicted octanol–water partition coefficient (Wildman–Crippen LogP) is 2.64. The Balaban J connectivity index is 1.76. The number of carboxylic acid groups (broad SMARTS) is 1. The van der Waals surface area contributed by atoms with Gasteiger partial charge in [0, 0.05) is 37.4 Å². The van der Waals surface area contributed by atoms with Crippen molar-refractivity contribution in [1.82, 2.24) is 9.88 Å². The molecule has 0 amide bonds. The zero-order chi connectivity index (χ0) is 19.6. The summed E-state index contributed by atoms with van der Waals surface area (Å²) in [6.07, 6.45) is 5.60. The van der Waals surface area contributed by atoms with Crippen molar-refractivity contribution < 1.29 is 18.7 Å². The summed E-state index contributed by atoms with van der Waals surface area (Å²) in [6, 6.07) is 1.15. The Labute approximate surface area is 159 Å². The Morgan fingerprint density at radius 2 is 1.96 bits per heavy atom. The van der Waals surface area contributed by atoms with Gasteiger partial charge in [-0.25, -0.2) is 13.6 Å². The number of fused-ring (bicyclic) bond motifs is 5. The van der Waals surface area contributed by atoms with Crippen LogP contribution in [-0.2, 0) is 0 Å². The van der Waals surface area contributed by atoms with Crippen molar-refractivity contribution in [2.45, 2.75) is 50.2 Å². The van der Waals surface area contributed by atoms with E-state index in [0.29, 0.717) is 13.1 Å². The van der Waals surface area contributed by atoms with Gasteiger partial charge in [-0.05, 0) is 38.2 Å². The van der Waals surface area contributed by atoms with Gasteiger partial charge in [0.15, 0.2) is 5.82 Å². The van der Waals surface area contributed by atoms with Gasteiger partial charge in [0.05, 0.1) is 10.9 Å². The van der Waals surface area contributed by atoms with Gasteiger partial charge in [-0.1, -0.05) is 0 Å². The van der Waals surface area contributed by atoms with E-state index in [1.807, 2.05) is 0 Å². The molecule has 28 heavy (non-hydrogen) atoms. The fraction of sp³-hybridized carbons (Fsp3) is 0.500. The number of aromatic carboxylic acids is 1. The number of piperazine rings is 1. The van der Waals surface area contributed by atoms with Crippen LogP contribution in [-0.4, -0.2) is 40.8 Å². The Morgan fingerprint density at radius 3 is 2.68 bits per heavy atom. The Morgan fingerprint density at radius 1 is 1.18 bits per heavy atom. The van der Waals surface area contributed by atoms with E-state index >= 15 is 8.78 Å². The van der Waals surface area contributed by atoms with E-state index in [9.17, 15) is 14.7 Å². The number of benzene rings is 1. The number of carboxylic acids is 1. The van der Waals surface area contributed by atoms with Crippen molar-refractivity contribution in [3.05, 3.63) is 39.7 Å². The molecule has 3 aliphatic heterocycles. The molecule has 4 fully saturated rings. The molecule has 0 radical (unpaired) electrons. The molecule has 1 saturated carbocycles. The molecule has 1 aromatic carbocycles. The van der Waals surface area contributed by atoms with Crippen LogP contribution in [0.2, 0.25) is 0 Å². The first-order valence-corrected chi connectivity index (χ1v) is 9.76. The molecule has 2 aromatic rings. The zero-order valence-corrected chi connectivity index (χ0v) is 15.3. The summed E-state index contributed by atoms with van der Waals surface area (Å²) < 4.78 is 32.3. The van der Waals surface area contributed by atoms with E-state index in [2.05, 4.69) is 5.32 Å². The van der Waals surface area contributed by atoms with Crippen molar-refractivity contribution >= 4 is 22.6 Å². The topological polar surface area (TPSA) is 74.6 Å². The van der Waals surface area contributed by atoms with Crippen LogP contribution in [0, 0.1) is 11.6 Å². The molecule has 6 nitrogen and oxygen atoms in total. The minimum absolute atomic E-state index is 0.000380. The normalized spacial score (nSPS) is 24.6. The fourth-order valence-electron chi connectivity index (χ4n) is 4.68. The number of hydrogen-bond acceptors (Lipinski definition) is 4. The molecular weight excluding hydrogens is 368 g/mol. The van der Waals surface area contributed by atoms with Crippen molar-refractivity contribution in [3.63, 3.8) is 0 Å². The molecule has 2 bridgehead atoms. The molecule has 1 aromatic heterocycles. The summed E-state index contributed by atoms with van der Waals surface area (Å²) in [5, 5.41) is 12.5. The highest BCUT2D eigenvalue weighted by atomic mass is 19.1. The lowest BCUT2D eigenvalue weighted by molar-refractivity contribution is 0.0695. The third kappa shape index (κ3) is 2.62. The van der Waals surface area contributed by atoms with Gasteiger partial charge >= 0.3 is 5.97 Å². The van der Waals surface area contributed by atoms with E-state index < -0.39 is 28.6 Å². The van der Waals surface area contributed by atoms with Gasteiger partial charge in [-0.2, -0.15) is 0 Å². The Hall–Kier alpha value is -2.48. The second-order valence-corrected chi connectivity index (χ2v) is 8.07. The second-order valence-electron chi connectivity index (χ2n) is 8.07. The standard InChI is InChI=1S/C20H21F2N3O3/c21-15-6-13-17(25(11-4-5-11)9-14(19(13)26)20(27)28)16(22)18(15)24-8-10-2-1-3-12(24)7-23-10/h6,9-12,23H,1-5,7-8H2,(H,27,28)/t10-,12-/m0/s1. The van der Waals surface area contributed by atoms with Crippen molar-refractivity contribution in [2.24, 2.45) is 0 Å². The SMILES string of the molecule is O=C(O)c1cn(C2CC2)c2c(F)c(N3C[C@@H]4CCC[C@H]3CN4)c(F)cc2c1=O. The highest BCUT2D eigenvalue weighted by molar-refractivity contribution is 5.94. The number of rotatable bonds is 3. The molecule has 0 unspecified atom stereocenters.